The van der Waals surface area contributed by atoms with Crippen LogP contribution in [0.15, 0.2) is 35.9 Å². The molecule has 3 N–H and O–H groups in total. The van der Waals surface area contributed by atoms with Crippen molar-refractivity contribution < 1.29 is 43.2 Å². The summed E-state index contributed by atoms with van der Waals surface area (Å²) in [5.74, 6) is -0.898. The lowest BCUT2D eigenvalue weighted by molar-refractivity contribution is -0.154. The molecule has 1 aromatic carbocycles. The average Bonchev–Trinajstić information content (AvgIpc) is 3.70. The maximum Gasteiger partial charge on any atom is 0.409 e. The zero-order valence-corrected chi connectivity index (χ0v) is 28.5. The summed E-state index contributed by atoms with van der Waals surface area (Å²) in [6, 6.07) is 3.48. The van der Waals surface area contributed by atoms with Gasteiger partial charge in [-0.15, -0.1) is 0 Å². The van der Waals surface area contributed by atoms with Crippen LogP contribution in [-0.4, -0.2) is 93.2 Å². The summed E-state index contributed by atoms with van der Waals surface area (Å²) >= 11 is 6.71. The number of hydrogen-bond acceptors (Lipinski definition) is 10. The lowest BCUT2D eigenvalue weighted by Crippen LogP contribution is -2.63. The van der Waals surface area contributed by atoms with Crippen LogP contribution in [0.4, 0.5) is 10.5 Å². The average molecular weight is 664 g/mol. The van der Waals surface area contributed by atoms with E-state index in [1.807, 2.05) is 39.0 Å². The Balaban J connectivity index is 1.78. The molecule has 0 aliphatic carbocycles. The van der Waals surface area contributed by atoms with E-state index in [-0.39, 0.29) is 36.2 Å². The molecule has 1 aromatic rings. The van der Waals surface area contributed by atoms with Crippen LogP contribution in [0.2, 0.25) is 5.02 Å². The second-order valence-electron chi connectivity index (χ2n) is 12.7. The number of carbonyl (C=O) groups is 3. The predicted molar refractivity (Wildman–Crippen MR) is 172 cm³/mol. The molecule has 254 valence electrons. The molecule has 0 aromatic heterocycles. The van der Waals surface area contributed by atoms with E-state index in [1.165, 1.54) is 19.1 Å². The number of methoxy groups -OCH3 is 2. The molecule has 4 rings (SSSR count). The number of nitrogens with one attached hydrogen (secondary N) is 2. The van der Waals surface area contributed by atoms with Crippen LogP contribution in [0.5, 0.6) is 5.75 Å². The van der Waals surface area contributed by atoms with Crippen molar-refractivity contribution in [2.24, 2.45) is 5.92 Å². The molecule has 4 bridgehead atoms. The van der Waals surface area contributed by atoms with Crippen LogP contribution in [0, 0.1) is 5.92 Å². The van der Waals surface area contributed by atoms with Crippen LogP contribution in [0.3, 0.4) is 0 Å². The molecule has 0 spiro atoms. The maximum absolute atomic E-state index is 13.9. The van der Waals surface area contributed by atoms with Gasteiger partial charge in [0.2, 0.25) is 5.91 Å². The molecule has 0 saturated carbocycles. The Kier molecular flexibility index (Phi) is 11.1. The summed E-state index contributed by atoms with van der Waals surface area (Å²) < 4.78 is 28.9. The Labute approximate surface area is 275 Å². The number of alkyl carbamates (subject to hydrolysis) is 1. The van der Waals surface area contributed by atoms with Gasteiger partial charge in [-0.25, -0.2) is 4.79 Å². The van der Waals surface area contributed by atoms with Crippen molar-refractivity contribution >= 4 is 35.3 Å². The van der Waals surface area contributed by atoms with Crippen molar-refractivity contribution in [1.29, 1.82) is 0 Å². The van der Waals surface area contributed by atoms with Crippen LogP contribution < -0.4 is 20.3 Å². The minimum absolute atomic E-state index is 0.00265. The second kappa shape index (κ2) is 14.3. The molecule has 2 fully saturated rings. The number of hydrogen-bond donors (Lipinski definition) is 3. The molecular weight excluding hydrogens is 618 g/mol. The molecule has 2 amide bonds. The SMILES string of the molecule is CNC(C)CC(=O)OC1CC(=O)N(C)c2cc(cc(OC)c2Cl)CC(C)=CC=CC(OC)C2(O)CC(OC(=O)N2)C(C)C2OC12C. The van der Waals surface area contributed by atoms with Gasteiger partial charge < -0.3 is 39.0 Å². The summed E-state index contributed by atoms with van der Waals surface area (Å²) in [6.45, 7) is 7.39. The number of esters is 1. The number of rotatable bonds is 6. The molecule has 8 unspecified atom stereocenters. The number of aliphatic hydroxyl groups is 1. The molecule has 3 aliphatic heterocycles. The van der Waals surface area contributed by atoms with Crippen molar-refractivity contribution in [1.82, 2.24) is 10.6 Å². The van der Waals surface area contributed by atoms with E-state index in [1.54, 1.807) is 33.2 Å². The van der Waals surface area contributed by atoms with Gasteiger partial charge in [0.1, 0.15) is 34.7 Å². The number of allylic oxidation sites excluding steroid dienone is 3. The quantitative estimate of drug-likeness (QED) is 0.304. The van der Waals surface area contributed by atoms with E-state index in [2.05, 4.69) is 10.6 Å². The largest absolute Gasteiger partial charge is 0.495 e. The van der Waals surface area contributed by atoms with Crippen molar-refractivity contribution in [2.45, 2.75) is 95.2 Å². The number of halogens is 1. The minimum Gasteiger partial charge on any atom is -0.495 e. The molecule has 8 atom stereocenters. The Hall–Kier alpha value is -3.16. The fourth-order valence-corrected chi connectivity index (χ4v) is 6.48. The first kappa shape index (κ1) is 35.7. The van der Waals surface area contributed by atoms with Gasteiger partial charge in [0.05, 0.1) is 31.7 Å². The summed E-state index contributed by atoms with van der Waals surface area (Å²) in [5.41, 5.74) is -0.626. The number of nitrogens with zero attached hydrogens (tertiary/aromatic N) is 1. The normalized spacial score (nSPS) is 32.4. The molecule has 13 heteroatoms. The first-order valence-corrected chi connectivity index (χ1v) is 15.8. The highest BCUT2D eigenvalue weighted by molar-refractivity contribution is 6.35. The van der Waals surface area contributed by atoms with Gasteiger partial charge in [-0.2, -0.15) is 0 Å². The van der Waals surface area contributed by atoms with Crippen molar-refractivity contribution in [3.05, 3.63) is 46.5 Å². The van der Waals surface area contributed by atoms with Crippen molar-refractivity contribution in [2.75, 3.05) is 33.2 Å². The molecule has 2 saturated heterocycles. The van der Waals surface area contributed by atoms with Crippen molar-refractivity contribution in [3.8, 4) is 5.75 Å². The summed E-state index contributed by atoms with van der Waals surface area (Å²) in [4.78, 5) is 41.1. The summed E-state index contributed by atoms with van der Waals surface area (Å²) in [6.07, 6.45) is 1.65. The third-order valence-corrected chi connectivity index (χ3v) is 9.57. The third kappa shape index (κ3) is 7.69. The van der Waals surface area contributed by atoms with E-state index >= 15 is 0 Å². The van der Waals surface area contributed by atoms with E-state index < -0.39 is 53.7 Å². The number of carbonyl (C=O) groups excluding carboxylic acids is 3. The molecule has 3 aliphatic rings. The molecular formula is C33H46ClN3O9. The second-order valence-corrected chi connectivity index (χ2v) is 13.0. The summed E-state index contributed by atoms with van der Waals surface area (Å²) in [7, 11) is 6.31. The number of anilines is 1. The first-order valence-electron chi connectivity index (χ1n) is 15.4. The smallest absolute Gasteiger partial charge is 0.409 e. The molecule has 46 heavy (non-hydrogen) atoms. The van der Waals surface area contributed by atoms with Gasteiger partial charge in [0.25, 0.3) is 0 Å². The molecule has 12 nitrogen and oxygen atoms in total. The molecule has 3 heterocycles. The van der Waals surface area contributed by atoms with Gasteiger partial charge in [0.15, 0.2) is 5.72 Å². The van der Waals surface area contributed by atoms with E-state index in [4.69, 9.17) is 35.3 Å². The summed E-state index contributed by atoms with van der Waals surface area (Å²) in [5, 5.41) is 17.4. The fraction of sp³-hybridized carbons (Fsp3) is 0.606. The van der Waals surface area contributed by atoms with Crippen LogP contribution in [0.1, 0.15) is 52.5 Å². The van der Waals surface area contributed by atoms with Gasteiger partial charge >= 0.3 is 12.1 Å². The highest BCUT2D eigenvalue weighted by Crippen LogP contribution is 2.49. The van der Waals surface area contributed by atoms with Crippen LogP contribution in [-0.2, 0) is 35.0 Å². The lowest BCUT2D eigenvalue weighted by Gasteiger charge is -2.42. The maximum atomic E-state index is 13.9. The monoisotopic (exact) mass is 663 g/mol. The zero-order chi connectivity index (χ0) is 34.0. The Morgan fingerprint density at radius 2 is 2.02 bits per heavy atom. The molecule has 0 radical (unpaired) electrons. The first-order chi connectivity index (χ1) is 21.6. The van der Waals surface area contributed by atoms with E-state index in [0.717, 1.165) is 11.1 Å². The van der Waals surface area contributed by atoms with Gasteiger partial charge in [0, 0.05) is 32.5 Å². The predicted octanol–water partition coefficient (Wildman–Crippen LogP) is 3.67. The highest BCUT2D eigenvalue weighted by atomic mass is 35.5. The lowest BCUT2D eigenvalue weighted by atomic mass is 9.83. The number of benzene rings is 1. The van der Waals surface area contributed by atoms with Crippen molar-refractivity contribution in [3.63, 3.8) is 0 Å². The Bertz CT molecular complexity index is 1390. The standard InChI is InChI=1S/C33H46ClN3O9/c1-18-10-9-11-25(43-8)33(41)17-24(44-31(40)36-33)20(3)30-32(4,46-30)26(45-28(39)13-19(2)35-5)16-27(38)37(6)22-14-21(12-18)15-23(42-7)29(22)34/h9-11,14-15,19-20,24-26,30,35,41H,12-13,16-17H2,1-8H3,(H,36,40). The topological polar surface area (TPSA) is 148 Å². The van der Waals surface area contributed by atoms with Gasteiger partial charge in [-0.1, -0.05) is 42.3 Å². The highest BCUT2D eigenvalue weighted by Gasteiger charge is 2.64. The Morgan fingerprint density at radius 1 is 1.30 bits per heavy atom. The number of epoxide rings is 1. The number of fused-ring (bicyclic) bond motifs is 5. The number of ether oxygens (including phenoxy) is 5. The van der Waals surface area contributed by atoms with Gasteiger partial charge in [-0.3, -0.25) is 14.9 Å². The van der Waals surface area contributed by atoms with Gasteiger partial charge in [-0.05, 0) is 51.9 Å². The Morgan fingerprint density at radius 3 is 2.67 bits per heavy atom. The van der Waals surface area contributed by atoms with E-state index in [0.29, 0.717) is 17.9 Å². The third-order valence-electron chi connectivity index (χ3n) is 9.19. The van der Waals surface area contributed by atoms with E-state index in [9.17, 15) is 19.5 Å². The minimum atomic E-state index is -1.78. The number of amides is 2. The zero-order valence-electron chi connectivity index (χ0n) is 27.7. The van der Waals surface area contributed by atoms with Crippen LogP contribution in [0.25, 0.3) is 0 Å². The fourth-order valence-electron chi connectivity index (χ4n) is 6.16. The van der Waals surface area contributed by atoms with Crippen LogP contribution >= 0.6 is 11.6 Å².